The number of halogens is 4. The van der Waals surface area contributed by atoms with E-state index in [1.807, 2.05) is 25.1 Å². The monoisotopic (exact) mass is 372 g/mol. The van der Waals surface area contributed by atoms with E-state index >= 15 is 0 Å². The predicted molar refractivity (Wildman–Crippen MR) is 90.1 cm³/mol. The minimum Gasteiger partial charge on any atom is -0.492 e. The number of aryl methyl sites for hydroxylation is 1. The molecular weight excluding hydrogens is 357 g/mol. The zero-order valence-electron chi connectivity index (χ0n) is 13.3. The molecule has 2 rings (SSSR count). The van der Waals surface area contributed by atoms with Crippen molar-refractivity contribution in [1.82, 2.24) is 5.32 Å². The van der Waals surface area contributed by atoms with E-state index in [9.17, 15) is 18.0 Å². The first kappa shape index (κ1) is 18.9. The lowest BCUT2D eigenvalue weighted by molar-refractivity contribution is -0.137. The van der Waals surface area contributed by atoms with Crippen LogP contribution in [0.3, 0.4) is 0 Å². The summed E-state index contributed by atoms with van der Waals surface area (Å²) in [6, 6.07) is 9.46. The molecule has 0 aromatic heterocycles. The Labute approximate surface area is 147 Å². The molecule has 0 saturated heterocycles. The molecule has 2 amide bonds. The van der Waals surface area contributed by atoms with Gasteiger partial charge in [-0.25, -0.2) is 4.79 Å². The van der Waals surface area contributed by atoms with Crippen molar-refractivity contribution in [2.75, 3.05) is 18.5 Å². The zero-order chi connectivity index (χ0) is 18.4. The van der Waals surface area contributed by atoms with Gasteiger partial charge in [-0.2, -0.15) is 13.2 Å². The van der Waals surface area contributed by atoms with Gasteiger partial charge in [0.2, 0.25) is 0 Å². The summed E-state index contributed by atoms with van der Waals surface area (Å²) in [7, 11) is 0. The molecule has 0 atom stereocenters. The van der Waals surface area contributed by atoms with Gasteiger partial charge in [-0.15, -0.1) is 0 Å². The summed E-state index contributed by atoms with van der Waals surface area (Å²) < 4.78 is 43.5. The maximum Gasteiger partial charge on any atom is 0.416 e. The van der Waals surface area contributed by atoms with Gasteiger partial charge in [0, 0.05) is 0 Å². The van der Waals surface area contributed by atoms with Crippen LogP contribution in [0.2, 0.25) is 5.02 Å². The second-order valence-corrected chi connectivity index (χ2v) is 5.65. The summed E-state index contributed by atoms with van der Waals surface area (Å²) in [6.07, 6.45) is -4.51. The second kappa shape index (κ2) is 8.11. The lowest BCUT2D eigenvalue weighted by Gasteiger charge is -2.12. The van der Waals surface area contributed by atoms with Gasteiger partial charge in [0.05, 0.1) is 22.8 Å². The molecule has 2 N–H and O–H groups in total. The number of rotatable bonds is 5. The van der Waals surface area contributed by atoms with Crippen LogP contribution in [0, 0.1) is 6.92 Å². The van der Waals surface area contributed by atoms with E-state index in [0.29, 0.717) is 5.75 Å². The highest BCUT2D eigenvalue weighted by Crippen LogP contribution is 2.33. The molecule has 2 aromatic rings. The van der Waals surface area contributed by atoms with Crippen molar-refractivity contribution >= 4 is 23.3 Å². The van der Waals surface area contributed by atoms with Crippen LogP contribution in [0.5, 0.6) is 5.75 Å². The molecule has 0 aliphatic carbocycles. The van der Waals surface area contributed by atoms with E-state index in [1.54, 1.807) is 6.07 Å². The van der Waals surface area contributed by atoms with Crippen LogP contribution in [0.15, 0.2) is 42.5 Å². The second-order valence-electron chi connectivity index (χ2n) is 5.24. The van der Waals surface area contributed by atoms with E-state index in [-0.39, 0.29) is 23.9 Å². The lowest BCUT2D eigenvalue weighted by atomic mass is 10.2. The Morgan fingerprint density at radius 3 is 2.64 bits per heavy atom. The average Bonchev–Trinajstić information content (AvgIpc) is 2.53. The molecule has 0 unspecified atom stereocenters. The first-order valence-corrected chi connectivity index (χ1v) is 7.74. The third kappa shape index (κ3) is 5.86. The van der Waals surface area contributed by atoms with Gasteiger partial charge in [-0.05, 0) is 42.8 Å². The summed E-state index contributed by atoms with van der Waals surface area (Å²) in [6.45, 7) is 2.32. The average molecular weight is 373 g/mol. The molecule has 0 heterocycles. The van der Waals surface area contributed by atoms with Gasteiger partial charge in [0.15, 0.2) is 0 Å². The topological polar surface area (TPSA) is 50.4 Å². The minimum absolute atomic E-state index is 0.0131. The maximum atomic E-state index is 12.7. The SMILES string of the molecule is Cc1cccc(OCCNC(=O)Nc2cc(C(F)(F)F)ccc2Cl)c1. The largest absolute Gasteiger partial charge is 0.492 e. The molecule has 0 radical (unpaired) electrons. The fourth-order valence-corrected chi connectivity index (χ4v) is 2.17. The Kier molecular flexibility index (Phi) is 6.14. The summed E-state index contributed by atoms with van der Waals surface area (Å²) in [5.74, 6) is 0.670. The quantitative estimate of drug-likeness (QED) is 0.736. The molecular formula is C17H16ClF3N2O2. The number of nitrogens with one attached hydrogen (secondary N) is 2. The fourth-order valence-electron chi connectivity index (χ4n) is 2.00. The van der Waals surface area contributed by atoms with Crippen molar-refractivity contribution in [3.8, 4) is 5.75 Å². The van der Waals surface area contributed by atoms with Crippen LogP contribution in [-0.4, -0.2) is 19.2 Å². The third-order valence-electron chi connectivity index (χ3n) is 3.19. The number of benzene rings is 2. The Balaban J connectivity index is 1.84. The number of amides is 2. The highest BCUT2D eigenvalue weighted by atomic mass is 35.5. The summed E-state index contributed by atoms with van der Waals surface area (Å²) >= 11 is 5.81. The number of hydrogen-bond acceptors (Lipinski definition) is 2. The number of hydrogen-bond donors (Lipinski definition) is 2. The van der Waals surface area contributed by atoms with E-state index in [4.69, 9.17) is 16.3 Å². The number of urea groups is 1. The number of anilines is 1. The van der Waals surface area contributed by atoms with Crippen molar-refractivity contribution in [3.05, 3.63) is 58.6 Å². The first-order valence-electron chi connectivity index (χ1n) is 7.37. The van der Waals surface area contributed by atoms with Crippen LogP contribution in [0.1, 0.15) is 11.1 Å². The van der Waals surface area contributed by atoms with Crippen molar-refractivity contribution in [2.24, 2.45) is 0 Å². The van der Waals surface area contributed by atoms with Gasteiger partial charge in [0.1, 0.15) is 12.4 Å². The van der Waals surface area contributed by atoms with Gasteiger partial charge in [-0.3, -0.25) is 0 Å². The Morgan fingerprint density at radius 1 is 1.20 bits per heavy atom. The maximum absolute atomic E-state index is 12.7. The van der Waals surface area contributed by atoms with Crippen LogP contribution < -0.4 is 15.4 Å². The van der Waals surface area contributed by atoms with Crippen molar-refractivity contribution in [3.63, 3.8) is 0 Å². The Hall–Kier alpha value is -2.41. The Morgan fingerprint density at radius 2 is 1.96 bits per heavy atom. The van der Waals surface area contributed by atoms with E-state index < -0.39 is 17.8 Å². The predicted octanol–water partition coefficient (Wildman–Crippen LogP) is 4.87. The van der Waals surface area contributed by atoms with E-state index in [1.165, 1.54) is 0 Å². The highest BCUT2D eigenvalue weighted by molar-refractivity contribution is 6.33. The molecule has 0 bridgehead atoms. The van der Waals surface area contributed by atoms with Crippen molar-refractivity contribution in [1.29, 1.82) is 0 Å². The number of ether oxygens (including phenoxy) is 1. The third-order valence-corrected chi connectivity index (χ3v) is 3.52. The minimum atomic E-state index is -4.51. The molecule has 4 nitrogen and oxygen atoms in total. The number of carbonyl (C=O) groups excluding carboxylic acids is 1. The lowest BCUT2D eigenvalue weighted by Crippen LogP contribution is -2.32. The van der Waals surface area contributed by atoms with Crippen LogP contribution >= 0.6 is 11.6 Å². The van der Waals surface area contributed by atoms with Gasteiger partial charge < -0.3 is 15.4 Å². The molecule has 0 aliphatic heterocycles. The van der Waals surface area contributed by atoms with Gasteiger partial charge in [-0.1, -0.05) is 23.7 Å². The molecule has 134 valence electrons. The first-order chi connectivity index (χ1) is 11.8. The normalized spacial score (nSPS) is 11.1. The van der Waals surface area contributed by atoms with Crippen molar-refractivity contribution < 1.29 is 22.7 Å². The van der Waals surface area contributed by atoms with E-state index in [0.717, 1.165) is 23.8 Å². The van der Waals surface area contributed by atoms with Crippen molar-refractivity contribution in [2.45, 2.75) is 13.1 Å². The van der Waals surface area contributed by atoms with Gasteiger partial charge in [0.25, 0.3) is 0 Å². The van der Waals surface area contributed by atoms with Gasteiger partial charge >= 0.3 is 12.2 Å². The molecule has 8 heteroatoms. The molecule has 0 aliphatic rings. The highest BCUT2D eigenvalue weighted by Gasteiger charge is 2.31. The molecule has 0 saturated carbocycles. The smallest absolute Gasteiger partial charge is 0.416 e. The molecule has 25 heavy (non-hydrogen) atoms. The summed E-state index contributed by atoms with van der Waals surface area (Å²) in [5.41, 5.74) is 0.0333. The zero-order valence-corrected chi connectivity index (χ0v) is 14.0. The molecule has 2 aromatic carbocycles. The van der Waals surface area contributed by atoms with E-state index in [2.05, 4.69) is 10.6 Å². The fraction of sp³-hybridized carbons (Fsp3) is 0.235. The van der Waals surface area contributed by atoms with Crippen LogP contribution in [0.25, 0.3) is 0 Å². The molecule has 0 fully saturated rings. The molecule has 0 spiro atoms. The van der Waals surface area contributed by atoms with Crippen LogP contribution in [-0.2, 0) is 6.18 Å². The number of carbonyl (C=O) groups is 1. The summed E-state index contributed by atoms with van der Waals surface area (Å²) in [4.78, 5) is 11.8. The number of alkyl halides is 3. The van der Waals surface area contributed by atoms with Crippen LogP contribution in [0.4, 0.5) is 23.7 Å². The Bertz CT molecular complexity index is 751. The standard InChI is InChI=1S/C17H16ClF3N2O2/c1-11-3-2-4-13(9-11)25-8-7-22-16(24)23-15-10-12(17(19,20)21)5-6-14(15)18/h2-6,9-10H,7-8H2,1H3,(H2,22,23,24). The summed E-state index contributed by atoms with van der Waals surface area (Å²) in [5, 5.41) is 4.79.